The second-order valence-corrected chi connectivity index (χ2v) is 7.14. The zero-order chi connectivity index (χ0) is 16.4. The van der Waals surface area contributed by atoms with Crippen LogP contribution in [-0.2, 0) is 14.3 Å². The SMILES string of the molecule is CC(C)(C)OC(=O)C1CN(O)CCN1C(=O)OC(C)(C)C. The fourth-order valence-corrected chi connectivity index (χ4v) is 1.88. The first-order chi connectivity index (χ1) is 9.39. The van der Waals surface area contributed by atoms with E-state index in [1.807, 2.05) is 0 Å². The van der Waals surface area contributed by atoms with Gasteiger partial charge in [0.2, 0.25) is 0 Å². The fraction of sp³-hybridized carbons (Fsp3) is 0.857. The number of ether oxygens (including phenoxy) is 2. The van der Waals surface area contributed by atoms with Crippen molar-refractivity contribution in [3.8, 4) is 0 Å². The van der Waals surface area contributed by atoms with E-state index in [9.17, 15) is 14.8 Å². The molecule has 7 nitrogen and oxygen atoms in total. The Bertz CT molecular complexity index is 397. The molecule has 122 valence electrons. The summed E-state index contributed by atoms with van der Waals surface area (Å²) >= 11 is 0. The standard InChI is InChI=1S/C14H26N2O5/c1-13(2,3)20-11(17)10-9-15(19)7-8-16(10)12(18)21-14(4,5)6/h10,19H,7-9H2,1-6H3. The molecule has 1 heterocycles. The molecule has 1 aliphatic heterocycles. The van der Waals surface area contributed by atoms with Crippen molar-refractivity contribution >= 4 is 12.1 Å². The molecule has 21 heavy (non-hydrogen) atoms. The lowest BCUT2D eigenvalue weighted by molar-refractivity contribution is -0.176. The lowest BCUT2D eigenvalue weighted by Crippen LogP contribution is -2.59. The molecule has 0 aromatic heterocycles. The van der Waals surface area contributed by atoms with Gasteiger partial charge in [-0.3, -0.25) is 4.90 Å². The van der Waals surface area contributed by atoms with Crippen LogP contribution in [0.4, 0.5) is 4.79 Å². The minimum absolute atomic E-state index is 0.00809. The molecule has 1 unspecified atom stereocenters. The van der Waals surface area contributed by atoms with Gasteiger partial charge in [0.25, 0.3) is 0 Å². The maximum Gasteiger partial charge on any atom is 0.411 e. The van der Waals surface area contributed by atoms with Gasteiger partial charge in [0.1, 0.15) is 17.2 Å². The third-order valence-electron chi connectivity index (χ3n) is 2.67. The van der Waals surface area contributed by atoms with Crippen molar-refractivity contribution < 1.29 is 24.3 Å². The maximum absolute atomic E-state index is 12.2. The molecule has 7 heteroatoms. The molecule has 0 saturated carbocycles. The van der Waals surface area contributed by atoms with E-state index < -0.39 is 29.3 Å². The summed E-state index contributed by atoms with van der Waals surface area (Å²) in [6.45, 7) is 11.0. The number of nitrogens with zero attached hydrogens (tertiary/aromatic N) is 2. The summed E-state index contributed by atoms with van der Waals surface area (Å²) in [5, 5.41) is 10.6. The Morgan fingerprint density at radius 2 is 1.52 bits per heavy atom. The van der Waals surface area contributed by atoms with Crippen LogP contribution in [0, 0.1) is 0 Å². The minimum atomic E-state index is -0.877. The van der Waals surface area contributed by atoms with E-state index in [4.69, 9.17) is 9.47 Å². The first-order valence-corrected chi connectivity index (χ1v) is 7.05. The largest absolute Gasteiger partial charge is 0.458 e. The number of piperazine rings is 1. The molecular formula is C14H26N2O5. The van der Waals surface area contributed by atoms with Crippen molar-refractivity contribution in [2.24, 2.45) is 0 Å². The molecule has 1 atom stereocenters. The number of carbonyl (C=O) groups is 2. The average molecular weight is 302 g/mol. The summed E-state index contributed by atoms with van der Waals surface area (Å²) in [5.74, 6) is -0.549. The highest BCUT2D eigenvalue weighted by Gasteiger charge is 2.39. The Kier molecular flexibility index (Phi) is 5.22. The molecular weight excluding hydrogens is 276 g/mol. The third-order valence-corrected chi connectivity index (χ3v) is 2.67. The number of hydrogen-bond acceptors (Lipinski definition) is 6. The van der Waals surface area contributed by atoms with E-state index >= 15 is 0 Å². The average Bonchev–Trinajstić information content (AvgIpc) is 2.23. The van der Waals surface area contributed by atoms with Crippen LogP contribution in [0.5, 0.6) is 0 Å². The summed E-state index contributed by atoms with van der Waals surface area (Å²) in [7, 11) is 0. The Morgan fingerprint density at radius 3 is 2.00 bits per heavy atom. The second kappa shape index (κ2) is 6.19. The highest BCUT2D eigenvalue weighted by atomic mass is 16.6. The van der Waals surface area contributed by atoms with Crippen molar-refractivity contribution in [1.82, 2.24) is 9.96 Å². The van der Waals surface area contributed by atoms with Gasteiger partial charge in [0.05, 0.1) is 6.54 Å². The van der Waals surface area contributed by atoms with Crippen molar-refractivity contribution in [2.45, 2.75) is 58.8 Å². The first kappa shape index (κ1) is 17.7. The summed E-state index contributed by atoms with van der Waals surface area (Å²) in [6.07, 6.45) is -0.577. The van der Waals surface area contributed by atoms with Gasteiger partial charge in [-0.05, 0) is 41.5 Å². The van der Waals surface area contributed by atoms with Crippen LogP contribution >= 0.6 is 0 Å². The lowest BCUT2D eigenvalue weighted by atomic mass is 10.1. The van der Waals surface area contributed by atoms with Gasteiger partial charge in [-0.25, -0.2) is 9.59 Å². The normalized spacial score (nSPS) is 21.1. The molecule has 1 amide bonds. The van der Waals surface area contributed by atoms with Crippen LogP contribution in [0.25, 0.3) is 0 Å². The molecule has 1 N–H and O–H groups in total. The molecule has 1 aliphatic rings. The fourth-order valence-electron chi connectivity index (χ4n) is 1.88. The zero-order valence-electron chi connectivity index (χ0n) is 13.7. The number of esters is 1. The van der Waals surface area contributed by atoms with Gasteiger partial charge in [-0.2, -0.15) is 5.06 Å². The Labute approximate surface area is 125 Å². The number of carbonyl (C=O) groups excluding carboxylic acids is 2. The summed E-state index contributed by atoms with van der Waals surface area (Å²) in [5.41, 5.74) is -1.31. The topological polar surface area (TPSA) is 79.3 Å². The van der Waals surface area contributed by atoms with Gasteiger partial charge in [-0.15, -0.1) is 0 Å². The molecule has 0 aliphatic carbocycles. The van der Waals surface area contributed by atoms with Gasteiger partial charge in [0, 0.05) is 13.1 Å². The van der Waals surface area contributed by atoms with Gasteiger partial charge in [-0.1, -0.05) is 0 Å². The second-order valence-electron chi connectivity index (χ2n) is 7.14. The Balaban J connectivity index is 2.84. The van der Waals surface area contributed by atoms with Crippen LogP contribution in [-0.4, -0.2) is 64.1 Å². The van der Waals surface area contributed by atoms with E-state index in [-0.39, 0.29) is 19.6 Å². The number of hydrogen-bond donors (Lipinski definition) is 1. The lowest BCUT2D eigenvalue weighted by Gasteiger charge is -2.38. The first-order valence-electron chi connectivity index (χ1n) is 7.05. The van der Waals surface area contributed by atoms with Crippen LogP contribution in [0.3, 0.4) is 0 Å². The van der Waals surface area contributed by atoms with Crippen LogP contribution in [0.1, 0.15) is 41.5 Å². The molecule has 0 radical (unpaired) electrons. The third kappa shape index (κ3) is 5.89. The Hall–Kier alpha value is -1.34. The summed E-state index contributed by atoms with van der Waals surface area (Å²) < 4.78 is 10.6. The number of amides is 1. The van der Waals surface area contributed by atoms with Gasteiger partial charge >= 0.3 is 12.1 Å². The monoisotopic (exact) mass is 302 g/mol. The van der Waals surface area contributed by atoms with E-state index in [1.165, 1.54) is 4.90 Å². The van der Waals surface area contributed by atoms with E-state index in [0.717, 1.165) is 5.06 Å². The molecule has 0 aromatic carbocycles. The molecule has 0 aromatic rings. The molecule has 1 saturated heterocycles. The highest BCUT2D eigenvalue weighted by molar-refractivity contribution is 5.82. The van der Waals surface area contributed by atoms with Gasteiger partial charge in [0.15, 0.2) is 0 Å². The summed E-state index contributed by atoms with van der Waals surface area (Å²) in [4.78, 5) is 25.7. The van der Waals surface area contributed by atoms with Crippen molar-refractivity contribution in [2.75, 3.05) is 19.6 Å². The van der Waals surface area contributed by atoms with Gasteiger partial charge < -0.3 is 14.7 Å². The predicted molar refractivity (Wildman–Crippen MR) is 75.9 cm³/mol. The van der Waals surface area contributed by atoms with Crippen molar-refractivity contribution in [3.63, 3.8) is 0 Å². The minimum Gasteiger partial charge on any atom is -0.458 e. The molecule has 1 rings (SSSR count). The smallest absolute Gasteiger partial charge is 0.411 e. The van der Waals surface area contributed by atoms with E-state index in [1.54, 1.807) is 41.5 Å². The van der Waals surface area contributed by atoms with Crippen LogP contribution < -0.4 is 0 Å². The Morgan fingerprint density at radius 1 is 1.00 bits per heavy atom. The van der Waals surface area contributed by atoms with Crippen molar-refractivity contribution in [3.05, 3.63) is 0 Å². The quantitative estimate of drug-likeness (QED) is 0.742. The molecule has 0 spiro atoms. The van der Waals surface area contributed by atoms with Crippen LogP contribution in [0.2, 0.25) is 0 Å². The zero-order valence-corrected chi connectivity index (χ0v) is 13.7. The number of rotatable bonds is 1. The maximum atomic E-state index is 12.2. The van der Waals surface area contributed by atoms with Crippen molar-refractivity contribution in [1.29, 1.82) is 0 Å². The number of hydroxylamine groups is 2. The van der Waals surface area contributed by atoms with Crippen LogP contribution in [0.15, 0.2) is 0 Å². The molecule has 0 bridgehead atoms. The highest BCUT2D eigenvalue weighted by Crippen LogP contribution is 2.18. The predicted octanol–water partition coefficient (Wildman–Crippen LogP) is 1.64. The molecule has 1 fully saturated rings. The van der Waals surface area contributed by atoms with E-state index in [0.29, 0.717) is 0 Å². The summed E-state index contributed by atoms with van der Waals surface area (Å²) in [6, 6.07) is -0.877. The van der Waals surface area contributed by atoms with E-state index in [2.05, 4.69) is 0 Å².